The molecule has 0 saturated heterocycles. The molecule has 0 unspecified atom stereocenters. The molecule has 0 aliphatic rings. The number of hydrogen-bond acceptors (Lipinski definition) is 5. The zero-order valence-corrected chi connectivity index (χ0v) is 12.3. The molecule has 1 amide bonds. The number of hydrogen-bond donors (Lipinski definition) is 3. The van der Waals surface area contributed by atoms with Gasteiger partial charge in [-0.15, -0.1) is 0 Å². The smallest absolute Gasteiger partial charge is 0.325 e. The van der Waals surface area contributed by atoms with Crippen LogP contribution in [0.2, 0.25) is 0 Å². The van der Waals surface area contributed by atoms with Gasteiger partial charge in [-0.25, -0.2) is 4.79 Å². The quantitative estimate of drug-likeness (QED) is 0.556. The molecule has 0 saturated carbocycles. The fourth-order valence-electron chi connectivity index (χ4n) is 2.00. The van der Waals surface area contributed by atoms with Crippen LogP contribution in [0.15, 0.2) is 9.59 Å². The molecule has 0 fully saturated rings. The van der Waals surface area contributed by atoms with Crippen molar-refractivity contribution in [3.63, 3.8) is 0 Å². The van der Waals surface area contributed by atoms with Crippen LogP contribution in [0, 0.1) is 6.92 Å². The number of aliphatic hydroxyl groups is 1. The first-order valence-corrected chi connectivity index (χ1v) is 6.69. The van der Waals surface area contributed by atoms with Crippen LogP contribution in [0.4, 0.5) is 0 Å². The maximum atomic E-state index is 12.1. The lowest BCUT2D eigenvalue weighted by molar-refractivity contribution is -0.132. The molecular formula is C13H21N3O5. The molecule has 0 aromatic carbocycles. The van der Waals surface area contributed by atoms with Crippen molar-refractivity contribution in [1.82, 2.24) is 14.9 Å². The highest BCUT2D eigenvalue weighted by molar-refractivity contribution is 5.76. The standard InChI is InChI=1S/C13H21N3O5/c1-9-10(12(19)15-13(20)14-9)3-4-11(18)16(5-7-17)6-8-21-2/h17H,3-8H2,1-2H3,(H2,14,15,19,20). The Labute approximate surface area is 121 Å². The Hall–Kier alpha value is -1.93. The van der Waals surface area contributed by atoms with Crippen molar-refractivity contribution in [3.05, 3.63) is 32.1 Å². The topological polar surface area (TPSA) is 115 Å². The Morgan fingerprint density at radius 1 is 1.29 bits per heavy atom. The molecule has 8 nitrogen and oxygen atoms in total. The van der Waals surface area contributed by atoms with Crippen LogP contribution in [0.5, 0.6) is 0 Å². The van der Waals surface area contributed by atoms with Gasteiger partial charge in [0.25, 0.3) is 5.56 Å². The second kappa shape index (κ2) is 8.38. The second-order valence-corrected chi connectivity index (χ2v) is 4.61. The van der Waals surface area contributed by atoms with E-state index in [1.165, 1.54) is 12.0 Å². The third kappa shape index (κ3) is 5.16. The van der Waals surface area contributed by atoms with E-state index in [1.54, 1.807) is 6.92 Å². The number of rotatable bonds is 8. The summed E-state index contributed by atoms with van der Waals surface area (Å²) in [5.74, 6) is -0.175. The van der Waals surface area contributed by atoms with Gasteiger partial charge in [-0.2, -0.15) is 0 Å². The summed E-state index contributed by atoms with van der Waals surface area (Å²) in [4.78, 5) is 41.0. The summed E-state index contributed by atoms with van der Waals surface area (Å²) in [5, 5.41) is 8.96. The van der Waals surface area contributed by atoms with Gasteiger partial charge >= 0.3 is 5.69 Å². The zero-order valence-electron chi connectivity index (χ0n) is 12.3. The maximum Gasteiger partial charge on any atom is 0.325 e. The molecule has 0 atom stereocenters. The van der Waals surface area contributed by atoms with Crippen molar-refractivity contribution in [2.45, 2.75) is 19.8 Å². The van der Waals surface area contributed by atoms with Crippen molar-refractivity contribution in [1.29, 1.82) is 0 Å². The van der Waals surface area contributed by atoms with Crippen LogP contribution in [-0.2, 0) is 16.0 Å². The molecule has 0 bridgehead atoms. The van der Waals surface area contributed by atoms with Crippen LogP contribution in [0.25, 0.3) is 0 Å². The van der Waals surface area contributed by atoms with Crippen molar-refractivity contribution < 1.29 is 14.6 Å². The van der Waals surface area contributed by atoms with Gasteiger partial charge in [-0.1, -0.05) is 0 Å². The minimum absolute atomic E-state index is 0.125. The molecule has 1 heterocycles. The number of aromatic nitrogens is 2. The minimum atomic E-state index is -0.561. The van der Waals surface area contributed by atoms with Gasteiger partial charge < -0.3 is 19.7 Å². The number of amides is 1. The van der Waals surface area contributed by atoms with Crippen LogP contribution >= 0.6 is 0 Å². The number of carbonyl (C=O) groups excluding carboxylic acids is 1. The number of ether oxygens (including phenoxy) is 1. The Kier molecular flexibility index (Phi) is 6.83. The van der Waals surface area contributed by atoms with E-state index in [0.29, 0.717) is 24.4 Å². The molecule has 0 radical (unpaired) electrons. The average molecular weight is 299 g/mol. The van der Waals surface area contributed by atoms with Crippen molar-refractivity contribution in [2.75, 3.05) is 33.4 Å². The minimum Gasteiger partial charge on any atom is -0.395 e. The fourth-order valence-corrected chi connectivity index (χ4v) is 2.00. The Morgan fingerprint density at radius 3 is 2.57 bits per heavy atom. The number of H-pyrrole nitrogens is 2. The van der Waals surface area contributed by atoms with Gasteiger partial charge in [-0.3, -0.25) is 14.6 Å². The molecule has 118 valence electrons. The summed E-state index contributed by atoms with van der Waals surface area (Å²) in [5.41, 5.74) is -0.190. The fraction of sp³-hybridized carbons (Fsp3) is 0.615. The van der Waals surface area contributed by atoms with Gasteiger partial charge in [-0.05, 0) is 13.3 Å². The summed E-state index contributed by atoms with van der Waals surface area (Å²) in [6.45, 7) is 2.48. The van der Waals surface area contributed by atoms with Gasteiger partial charge in [0.1, 0.15) is 0 Å². The summed E-state index contributed by atoms with van der Waals surface area (Å²) in [6, 6.07) is 0. The molecular weight excluding hydrogens is 278 g/mol. The van der Waals surface area contributed by atoms with Gasteiger partial charge in [0.2, 0.25) is 5.91 Å². The van der Waals surface area contributed by atoms with E-state index in [1.807, 2.05) is 0 Å². The number of aryl methyl sites for hydroxylation is 1. The van der Waals surface area contributed by atoms with Crippen molar-refractivity contribution >= 4 is 5.91 Å². The number of aliphatic hydroxyl groups excluding tert-OH is 1. The van der Waals surface area contributed by atoms with E-state index in [2.05, 4.69) is 9.97 Å². The van der Waals surface area contributed by atoms with Crippen molar-refractivity contribution in [2.24, 2.45) is 0 Å². The Balaban J connectivity index is 2.70. The van der Waals surface area contributed by atoms with E-state index in [4.69, 9.17) is 9.84 Å². The number of methoxy groups -OCH3 is 1. The molecule has 21 heavy (non-hydrogen) atoms. The summed E-state index contributed by atoms with van der Waals surface area (Å²) in [6.07, 6.45) is 0.353. The molecule has 1 aromatic heterocycles. The first-order valence-electron chi connectivity index (χ1n) is 6.69. The van der Waals surface area contributed by atoms with Crippen LogP contribution in [-0.4, -0.2) is 59.3 Å². The molecule has 1 rings (SSSR count). The summed E-state index contributed by atoms with van der Waals surface area (Å²) < 4.78 is 4.91. The SMILES string of the molecule is COCCN(CCO)C(=O)CCc1c(C)[nH]c(=O)[nH]c1=O. The highest BCUT2D eigenvalue weighted by Crippen LogP contribution is 2.03. The summed E-state index contributed by atoms with van der Waals surface area (Å²) >= 11 is 0. The number of aromatic amines is 2. The lowest BCUT2D eigenvalue weighted by Crippen LogP contribution is -2.36. The Morgan fingerprint density at radius 2 is 2.00 bits per heavy atom. The van der Waals surface area contributed by atoms with Crippen molar-refractivity contribution in [3.8, 4) is 0 Å². The molecule has 0 aliphatic heterocycles. The molecule has 0 aliphatic carbocycles. The third-order valence-corrected chi connectivity index (χ3v) is 3.13. The van der Waals surface area contributed by atoms with Crippen LogP contribution in [0.3, 0.4) is 0 Å². The van der Waals surface area contributed by atoms with Gasteiger partial charge in [0.15, 0.2) is 0 Å². The lowest BCUT2D eigenvalue weighted by Gasteiger charge is -2.21. The van der Waals surface area contributed by atoms with Crippen LogP contribution < -0.4 is 11.2 Å². The van der Waals surface area contributed by atoms with E-state index >= 15 is 0 Å². The average Bonchev–Trinajstić information content (AvgIpc) is 2.42. The summed E-state index contributed by atoms with van der Waals surface area (Å²) in [7, 11) is 1.53. The number of carbonyl (C=O) groups is 1. The van der Waals surface area contributed by atoms with E-state index in [0.717, 1.165) is 0 Å². The normalized spacial score (nSPS) is 10.6. The highest BCUT2D eigenvalue weighted by atomic mass is 16.5. The number of nitrogens with one attached hydrogen (secondary N) is 2. The first kappa shape index (κ1) is 17.1. The van der Waals surface area contributed by atoms with Crippen LogP contribution in [0.1, 0.15) is 17.7 Å². The van der Waals surface area contributed by atoms with E-state index in [9.17, 15) is 14.4 Å². The Bertz CT molecular complexity index is 578. The largest absolute Gasteiger partial charge is 0.395 e. The molecule has 0 spiro atoms. The maximum absolute atomic E-state index is 12.1. The zero-order chi connectivity index (χ0) is 15.8. The molecule has 8 heteroatoms. The number of nitrogens with zero attached hydrogens (tertiary/aromatic N) is 1. The van der Waals surface area contributed by atoms with E-state index in [-0.39, 0.29) is 31.9 Å². The lowest BCUT2D eigenvalue weighted by atomic mass is 10.1. The second-order valence-electron chi connectivity index (χ2n) is 4.61. The first-order chi connectivity index (χ1) is 9.99. The molecule has 1 aromatic rings. The van der Waals surface area contributed by atoms with E-state index < -0.39 is 11.2 Å². The predicted molar refractivity (Wildman–Crippen MR) is 76.3 cm³/mol. The highest BCUT2D eigenvalue weighted by Gasteiger charge is 2.14. The predicted octanol–water partition coefficient (Wildman–Crippen LogP) is -1.23. The monoisotopic (exact) mass is 299 g/mol. The van der Waals surface area contributed by atoms with Gasteiger partial charge in [0, 0.05) is 37.9 Å². The molecule has 3 N–H and O–H groups in total. The van der Waals surface area contributed by atoms with Gasteiger partial charge in [0.05, 0.1) is 13.2 Å². The third-order valence-electron chi connectivity index (χ3n) is 3.13.